The highest BCUT2D eigenvalue weighted by Crippen LogP contribution is 2.25. The average Bonchev–Trinajstić information content (AvgIpc) is 2.69. The lowest BCUT2D eigenvalue weighted by atomic mass is 10.1. The standard InChI is InChI=1S/C20H24FNO4/c1-23-17-11-14(12-18(13-17)24-2)7-9-25-20-19(22-8-10-26-20)15-3-5-16(21)6-4-15/h3-6,11-13,19-20,22H,7-10H2,1-2H3/t19-,20+/m0/s1. The number of morpholine rings is 1. The Labute approximate surface area is 153 Å². The number of hydrogen-bond acceptors (Lipinski definition) is 5. The Kier molecular flexibility index (Phi) is 6.44. The molecule has 2 atom stereocenters. The van der Waals surface area contributed by atoms with Gasteiger partial charge in [-0.1, -0.05) is 12.1 Å². The quantitative estimate of drug-likeness (QED) is 0.821. The lowest BCUT2D eigenvalue weighted by Gasteiger charge is -2.33. The van der Waals surface area contributed by atoms with Gasteiger partial charge in [0.1, 0.15) is 17.3 Å². The second-order valence-corrected chi connectivity index (χ2v) is 6.06. The predicted octanol–water partition coefficient (Wildman–Crippen LogP) is 3.09. The summed E-state index contributed by atoms with van der Waals surface area (Å²) in [7, 11) is 3.26. The molecule has 1 N–H and O–H groups in total. The molecular weight excluding hydrogens is 337 g/mol. The zero-order valence-corrected chi connectivity index (χ0v) is 15.0. The molecule has 0 aromatic heterocycles. The van der Waals surface area contributed by atoms with E-state index in [4.69, 9.17) is 18.9 Å². The molecule has 0 saturated carbocycles. The summed E-state index contributed by atoms with van der Waals surface area (Å²) >= 11 is 0. The third-order valence-electron chi connectivity index (χ3n) is 4.33. The monoisotopic (exact) mass is 361 g/mol. The van der Waals surface area contributed by atoms with E-state index in [2.05, 4.69) is 5.32 Å². The second-order valence-electron chi connectivity index (χ2n) is 6.06. The van der Waals surface area contributed by atoms with Crippen LogP contribution in [0, 0.1) is 5.82 Å². The van der Waals surface area contributed by atoms with Crippen molar-refractivity contribution in [2.75, 3.05) is 34.0 Å². The van der Waals surface area contributed by atoms with Crippen LogP contribution in [-0.2, 0) is 15.9 Å². The van der Waals surface area contributed by atoms with Crippen molar-refractivity contribution < 1.29 is 23.3 Å². The third-order valence-corrected chi connectivity index (χ3v) is 4.33. The first-order valence-corrected chi connectivity index (χ1v) is 8.63. The van der Waals surface area contributed by atoms with E-state index >= 15 is 0 Å². The maximum absolute atomic E-state index is 13.2. The molecule has 0 bridgehead atoms. The number of methoxy groups -OCH3 is 2. The highest BCUT2D eigenvalue weighted by Gasteiger charge is 2.27. The highest BCUT2D eigenvalue weighted by atomic mass is 19.1. The molecule has 0 aliphatic carbocycles. The van der Waals surface area contributed by atoms with Gasteiger partial charge >= 0.3 is 0 Å². The van der Waals surface area contributed by atoms with E-state index in [1.54, 1.807) is 26.4 Å². The molecule has 140 valence electrons. The lowest BCUT2D eigenvalue weighted by molar-refractivity contribution is -0.176. The summed E-state index contributed by atoms with van der Waals surface area (Å²) in [6, 6.07) is 12.0. The molecule has 6 heteroatoms. The average molecular weight is 361 g/mol. The Morgan fingerprint density at radius 2 is 1.77 bits per heavy atom. The van der Waals surface area contributed by atoms with Crippen LogP contribution in [0.25, 0.3) is 0 Å². The van der Waals surface area contributed by atoms with E-state index in [1.807, 2.05) is 18.2 Å². The van der Waals surface area contributed by atoms with Crippen molar-refractivity contribution in [3.63, 3.8) is 0 Å². The summed E-state index contributed by atoms with van der Waals surface area (Å²) in [5.74, 6) is 1.24. The van der Waals surface area contributed by atoms with Gasteiger partial charge in [-0.05, 0) is 41.8 Å². The zero-order valence-electron chi connectivity index (χ0n) is 15.0. The van der Waals surface area contributed by atoms with Gasteiger partial charge in [0, 0.05) is 12.6 Å². The Morgan fingerprint density at radius 3 is 2.42 bits per heavy atom. The fourth-order valence-electron chi connectivity index (χ4n) is 2.98. The van der Waals surface area contributed by atoms with Gasteiger partial charge in [0.25, 0.3) is 0 Å². The van der Waals surface area contributed by atoms with Crippen molar-refractivity contribution in [3.8, 4) is 11.5 Å². The number of rotatable bonds is 7. The molecule has 0 amide bonds. The van der Waals surface area contributed by atoms with Crippen molar-refractivity contribution in [3.05, 3.63) is 59.4 Å². The van der Waals surface area contributed by atoms with Gasteiger partial charge in [0.15, 0.2) is 6.29 Å². The molecule has 0 spiro atoms. The molecule has 26 heavy (non-hydrogen) atoms. The van der Waals surface area contributed by atoms with E-state index in [-0.39, 0.29) is 11.9 Å². The van der Waals surface area contributed by atoms with E-state index in [1.165, 1.54) is 12.1 Å². The van der Waals surface area contributed by atoms with Gasteiger partial charge < -0.3 is 24.3 Å². The summed E-state index contributed by atoms with van der Waals surface area (Å²) in [6.07, 6.45) is 0.283. The van der Waals surface area contributed by atoms with E-state index in [9.17, 15) is 4.39 Å². The topological polar surface area (TPSA) is 49.0 Å². The van der Waals surface area contributed by atoms with Crippen LogP contribution in [0.4, 0.5) is 4.39 Å². The Balaban J connectivity index is 1.61. The van der Waals surface area contributed by atoms with Crippen LogP contribution >= 0.6 is 0 Å². The Morgan fingerprint density at radius 1 is 1.08 bits per heavy atom. The van der Waals surface area contributed by atoms with Crippen LogP contribution in [0.15, 0.2) is 42.5 Å². The number of halogens is 1. The van der Waals surface area contributed by atoms with Crippen LogP contribution in [0.5, 0.6) is 11.5 Å². The molecule has 1 fully saturated rings. The summed E-state index contributed by atoms with van der Waals surface area (Å²) in [4.78, 5) is 0. The van der Waals surface area contributed by atoms with Gasteiger partial charge in [-0.15, -0.1) is 0 Å². The van der Waals surface area contributed by atoms with Crippen LogP contribution in [-0.4, -0.2) is 40.3 Å². The molecule has 1 saturated heterocycles. The van der Waals surface area contributed by atoms with Crippen LogP contribution in [0.2, 0.25) is 0 Å². The molecule has 1 aliphatic heterocycles. The summed E-state index contributed by atoms with van der Waals surface area (Å²) in [6.45, 7) is 1.80. The maximum atomic E-state index is 13.2. The molecule has 2 aromatic rings. The van der Waals surface area contributed by atoms with Gasteiger partial charge in [0.05, 0.1) is 33.5 Å². The van der Waals surface area contributed by atoms with E-state index in [0.717, 1.165) is 29.2 Å². The van der Waals surface area contributed by atoms with Gasteiger partial charge in [-0.2, -0.15) is 0 Å². The Bertz CT molecular complexity index is 685. The minimum Gasteiger partial charge on any atom is -0.497 e. The van der Waals surface area contributed by atoms with Crippen molar-refractivity contribution in [1.29, 1.82) is 0 Å². The smallest absolute Gasteiger partial charge is 0.176 e. The molecule has 1 heterocycles. The largest absolute Gasteiger partial charge is 0.497 e. The number of nitrogens with one attached hydrogen (secondary N) is 1. The van der Waals surface area contributed by atoms with Gasteiger partial charge in [-0.3, -0.25) is 0 Å². The van der Waals surface area contributed by atoms with Gasteiger partial charge in [-0.25, -0.2) is 4.39 Å². The van der Waals surface area contributed by atoms with Crippen molar-refractivity contribution in [2.45, 2.75) is 18.8 Å². The fraction of sp³-hybridized carbons (Fsp3) is 0.400. The minimum atomic E-state index is -0.415. The molecule has 2 aromatic carbocycles. The predicted molar refractivity (Wildman–Crippen MR) is 96.1 cm³/mol. The lowest BCUT2D eigenvalue weighted by Crippen LogP contribution is -2.43. The van der Waals surface area contributed by atoms with E-state index in [0.29, 0.717) is 19.6 Å². The fourth-order valence-corrected chi connectivity index (χ4v) is 2.98. The molecule has 5 nitrogen and oxygen atoms in total. The first-order valence-electron chi connectivity index (χ1n) is 8.63. The molecule has 0 unspecified atom stereocenters. The number of ether oxygens (including phenoxy) is 4. The summed E-state index contributed by atoms with van der Waals surface area (Å²) in [5.41, 5.74) is 2.00. The highest BCUT2D eigenvalue weighted by molar-refractivity contribution is 5.38. The maximum Gasteiger partial charge on any atom is 0.176 e. The molecule has 0 radical (unpaired) electrons. The first kappa shape index (κ1) is 18.6. The molecular formula is C20H24FNO4. The summed E-state index contributed by atoms with van der Waals surface area (Å²) in [5, 5.41) is 3.38. The van der Waals surface area contributed by atoms with Crippen molar-refractivity contribution in [2.24, 2.45) is 0 Å². The third kappa shape index (κ3) is 4.72. The zero-order chi connectivity index (χ0) is 18.4. The van der Waals surface area contributed by atoms with Crippen LogP contribution in [0.1, 0.15) is 17.2 Å². The van der Waals surface area contributed by atoms with Crippen LogP contribution < -0.4 is 14.8 Å². The SMILES string of the molecule is COc1cc(CCO[C@@H]2OCCN[C@H]2c2ccc(F)cc2)cc(OC)c1. The molecule has 3 rings (SSSR count). The summed E-state index contributed by atoms with van der Waals surface area (Å²) < 4.78 is 35.5. The normalized spacial score (nSPS) is 20.0. The first-order chi connectivity index (χ1) is 12.7. The Hall–Kier alpha value is -2.15. The van der Waals surface area contributed by atoms with Gasteiger partial charge in [0.2, 0.25) is 0 Å². The van der Waals surface area contributed by atoms with Crippen molar-refractivity contribution in [1.82, 2.24) is 5.32 Å². The minimum absolute atomic E-state index is 0.121. The number of hydrogen-bond donors (Lipinski definition) is 1. The van der Waals surface area contributed by atoms with E-state index < -0.39 is 6.29 Å². The van der Waals surface area contributed by atoms with Crippen molar-refractivity contribution >= 4 is 0 Å². The number of benzene rings is 2. The molecule has 1 aliphatic rings. The second kappa shape index (κ2) is 8.98. The van der Waals surface area contributed by atoms with Crippen LogP contribution in [0.3, 0.4) is 0 Å².